The Morgan fingerprint density at radius 2 is 2.24 bits per heavy atom. The zero-order valence-electron chi connectivity index (χ0n) is 10.6. The highest BCUT2D eigenvalue weighted by Gasteiger charge is 2.34. The Bertz CT molecular complexity index is 821. The van der Waals surface area contributed by atoms with Crippen LogP contribution in [0.25, 0.3) is 10.2 Å². The van der Waals surface area contributed by atoms with Crippen molar-refractivity contribution in [1.82, 2.24) is 4.98 Å². The highest BCUT2D eigenvalue weighted by Crippen LogP contribution is 2.33. The van der Waals surface area contributed by atoms with Crippen LogP contribution in [-0.4, -0.2) is 31.6 Å². The van der Waals surface area contributed by atoms with Gasteiger partial charge in [-0.3, -0.25) is 9.69 Å². The molecule has 1 aromatic carbocycles. The first kappa shape index (κ1) is 14.7. The van der Waals surface area contributed by atoms with E-state index in [2.05, 4.69) is 4.98 Å². The molecular formula is C12H10ClFN2O3S2. The first-order valence-electron chi connectivity index (χ1n) is 6.10. The second kappa shape index (κ2) is 5.19. The third-order valence-corrected chi connectivity index (χ3v) is 5.52. The molecule has 5 nitrogen and oxygen atoms in total. The van der Waals surface area contributed by atoms with Gasteiger partial charge in [0, 0.05) is 35.6 Å². The van der Waals surface area contributed by atoms with E-state index in [0.717, 1.165) is 4.70 Å². The van der Waals surface area contributed by atoms with Crippen LogP contribution < -0.4 is 4.90 Å². The van der Waals surface area contributed by atoms with Gasteiger partial charge in [-0.25, -0.2) is 17.8 Å². The van der Waals surface area contributed by atoms with E-state index < -0.39 is 14.9 Å². The molecule has 9 heteroatoms. The van der Waals surface area contributed by atoms with E-state index in [0.29, 0.717) is 10.6 Å². The summed E-state index contributed by atoms with van der Waals surface area (Å²) in [5.74, 6) is -1.17. The summed E-state index contributed by atoms with van der Waals surface area (Å²) in [5, 5.41) is 0.454. The van der Waals surface area contributed by atoms with E-state index in [1.807, 2.05) is 0 Å². The molecule has 0 N–H and O–H groups in total. The van der Waals surface area contributed by atoms with Crippen molar-refractivity contribution in [3.05, 3.63) is 24.0 Å². The molecule has 1 aliphatic rings. The average molecular weight is 349 g/mol. The van der Waals surface area contributed by atoms with Crippen LogP contribution in [0.2, 0.25) is 0 Å². The topological polar surface area (TPSA) is 67.3 Å². The van der Waals surface area contributed by atoms with Crippen molar-refractivity contribution < 1.29 is 17.6 Å². The lowest BCUT2D eigenvalue weighted by Crippen LogP contribution is -2.25. The number of carbonyl (C=O) groups excluding carboxylic acids is 1. The van der Waals surface area contributed by atoms with Gasteiger partial charge in [-0.1, -0.05) is 11.3 Å². The molecule has 0 spiro atoms. The van der Waals surface area contributed by atoms with Crippen LogP contribution in [0.3, 0.4) is 0 Å². The Morgan fingerprint density at radius 3 is 2.95 bits per heavy atom. The zero-order valence-corrected chi connectivity index (χ0v) is 13.0. The molecule has 112 valence electrons. The van der Waals surface area contributed by atoms with Gasteiger partial charge in [0.25, 0.3) is 0 Å². The minimum atomic E-state index is -3.64. The van der Waals surface area contributed by atoms with Crippen LogP contribution in [0.4, 0.5) is 9.52 Å². The summed E-state index contributed by atoms with van der Waals surface area (Å²) in [4.78, 5) is 17.7. The van der Waals surface area contributed by atoms with Crippen LogP contribution in [0.1, 0.15) is 6.42 Å². The number of hydrogen-bond donors (Lipinski definition) is 0. The van der Waals surface area contributed by atoms with Gasteiger partial charge in [-0.15, -0.1) is 0 Å². The minimum absolute atomic E-state index is 0.121. The third kappa shape index (κ3) is 3.17. The molecule has 1 saturated heterocycles. The van der Waals surface area contributed by atoms with Crippen molar-refractivity contribution in [2.24, 2.45) is 5.92 Å². The maximum atomic E-state index is 13.2. The molecule has 2 aromatic rings. The Labute approximate surface area is 128 Å². The van der Waals surface area contributed by atoms with Crippen molar-refractivity contribution in [3.8, 4) is 0 Å². The van der Waals surface area contributed by atoms with Crippen LogP contribution in [-0.2, 0) is 13.8 Å². The van der Waals surface area contributed by atoms with E-state index >= 15 is 0 Å². The molecule has 0 bridgehead atoms. The molecule has 0 saturated carbocycles. The first-order valence-corrected chi connectivity index (χ1v) is 9.40. The number of thiazole rings is 1. The molecule has 21 heavy (non-hydrogen) atoms. The quantitative estimate of drug-likeness (QED) is 0.798. The van der Waals surface area contributed by atoms with Crippen LogP contribution in [0.15, 0.2) is 18.2 Å². The lowest BCUT2D eigenvalue weighted by atomic mass is 10.1. The number of aromatic nitrogens is 1. The number of fused-ring (bicyclic) bond motifs is 1. The average Bonchev–Trinajstić information content (AvgIpc) is 2.89. The van der Waals surface area contributed by atoms with Crippen molar-refractivity contribution >= 4 is 52.3 Å². The Morgan fingerprint density at radius 1 is 1.48 bits per heavy atom. The SMILES string of the molecule is O=C1CC(CS(=O)(=O)Cl)CN1c1nc2cc(F)ccc2s1. The van der Waals surface area contributed by atoms with Crippen molar-refractivity contribution in [2.45, 2.75) is 6.42 Å². The van der Waals surface area contributed by atoms with Crippen molar-refractivity contribution in [2.75, 3.05) is 17.2 Å². The summed E-state index contributed by atoms with van der Waals surface area (Å²) in [6.07, 6.45) is 0.121. The van der Waals surface area contributed by atoms with Gasteiger partial charge in [0.05, 0.1) is 16.0 Å². The highest BCUT2D eigenvalue weighted by atomic mass is 35.7. The van der Waals surface area contributed by atoms with Gasteiger partial charge in [-0.05, 0) is 12.1 Å². The monoisotopic (exact) mass is 348 g/mol. The fraction of sp³-hybridized carbons (Fsp3) is 0.333. The number of amides is 1. The predicted molar refractivity (Wildman–Crippen MR) is 79.7 cm³/mol. The normalized spacial score (nSPS) is 19.6. The van der Waals surface area contributed by atoms with Gasteiger partial charge in [-0.2, -0.15) is 0 Å². The van der Waals surface area contributed by atoms with Crippen LogP contribution in [0.5, 0.6) is 0 Å². The second-order valence-corrected chi connectivity index (χ2v) is 8.72. The van der Waals surface area contributed by atoms with Gasteiger partial charge in [0.2, 0.25) is 15.0 Å². The molecule has 1 atom stereocenters. The molecule has 1 unspecified atom stereocenters. The summed E-state index contributed by atoms with van der Waals surface area (Å²) in [7, 11) is 1.58. The smallest absolute Gasteiger partial charge is 0.232 e. The maximum absolute atomic E-state index is 13.2. The molecule has 1 aromatic heterocycles. The van der Waals surface area contributed by atoms with E-state index in [4.69, 9.17) is 10.7 Å². The van der Waals surface area contributed by atoms with Crippen LogP contribution in [0, 0.1) is 11.7 Å². The fourth-order valence-electron chi connectivity index (χ4n) is 2.36. The Hall–Kier alpha value is -1.25. The minimum Gasteiger partial charge on any atom is -0.288 e. The summed E-state index contributed by atoms with van der Waals surface area (Å²) in [5.41, 5.74) is 0.483. The van der Waals surface area contributed by atoms with E-state index in [9.17, 15) is 17.6 Å². The number of benzene rings is 1. The van der Waals surface area contributed by atoms with Gasteiger partial charge in [0.15, 0.2) is 5.13 Å². The molecule has 1 aliphatic heterocycles. The molecule has 3 rings (SSSR count). The Kier molecular flexibility index (Phi) is 3.62. The van der Waals surface area contributed by atoms with Crippen molar-refractivity contribution in [3.63, 3.8) is 0 Å². The third-order valence-electron chi connectivity index (χ3n) is 3.21. The second-order valence-electron chi connectivity index (χ2n) is 4.89. The molecule has 2 heterocycles. The number of carbonyl (C=O) groups is 1. The lowest BCUT2D eigenvalue weighted by molar-refractivity contribution is -0.117. The van der Waals surface area contributed by atoms with E-state index in [1.165, 1.54) is 28.4 Å². The molecule has 1 amide bonds. The number of halogens is 2. The first-order chi connectivity index (χ1) is 9.82. The van der Waals surface area contributed by atoms with Crippen LogP contribution >= 0.6 is 22.0 Å². The zero-order chi connectivity index (χ0) is 15.2. The summed E-state index contributed by atoms with van der Waals surface area (Å²) in [6, 6.07) is 4.24. The number of rotatable bonds is 3. The standard InChI is InChI=1S/C12H10ClFN2O3S2/c13-21(18,19)6-7-3-11(17)16(5-7)12-15-9-4-8(14)1-2-10(9)20-12/h1-2,4,7H,3,5-6H2. The number of anilines is 1. The molecular weight excluding hydrogens is 339 g/mol. The molecule has 0 aliphatic carbocycles. The summed E-state index contributed by atoms with van der Waals surface area (Å²) in [6.45, 7) is 0.257. The number of hydrogen-bond acceptors (Lipinski definition) is 5. The highest BCUT2D eigenvalue weighted by molar-refractivity contribution is 8.13. The summed E-state index contributed by atoms with van der Waals surface area (Å²) < 4.78 is 36.1. The molecule has 1 fully saturated rings. The maximum Gasteiger partial charge on any atom is 0.232 e. The fourth-order valence-corrected chi connectivity index (χ4v) is 4.66. The van der Waals surface area contributed by atoms with Crippen molar-refractivity contribution in [1.29, 1.82) is 0 Å². The molecule has 0 radical (unpaired) electrons. The Balaban J connectivity index is 1.87. The largest absolute Gasteiger partial charge is 0.288 e. The van der Waals surface area contributed by atoms with Gasteiger partial charge in [0.1, 0.15) is 5.82 Å². The van der Waals surface area contributed by atoms with E-state index in [-0.39, 0.29) is 30.5 Å². The number of nitrogens with zero attached hydrogens (tertiary/aromatic N) is 2. The predicted octanol–water partition coefficient (Wildman–Crippen LogP) is 2.36. The summed E-state index contributed by atoms with van der Waals surface area (Å²) >= 11 is 1.27. The van der Waals surface area contributed by atoms with Gasteiger partial charge >= 0.3 is 0 Å². The van der Waals surface area contributed by atoms with Gasteiger partial charge < -0.3 is 0 Å². The van der Waals surface area contributed by atoms with E-state index in [1.54, 1.807) is 6.07 Å². The lowest BCUT2D eigenvalue weighted by Gasteiger charge is -2.12.